The van der Waals surface area contributed by atoms with Gasteiger partial charge in [0.25, 0.3) is 0 Å². The molecule has 1 aliphatic carbocycles. The molecule has 8 nitrogen and oxygen atoms in total. The number of benzene rings is 2. The lowest BCUT2D eigenvalue weighted by Gasteiger charge is -2.43. The number of hydrogen-bond donors (Lipinski definition) is 1. The summed E-state index contributed by atoms with van der Waals surface area (Å²) >= 11 is 0. The quantitative estimate of drug-likeness (QED) is 0.347. The van der Waals surface area contributed by atoms with E-state index in [2.05, 4.69) is 59.6 Å². The first-order valence-electron chi connectivity index (χ1n) is 15.2. The fourth-order valence-electron chi connectivity index (χ4n) is 5.86. The number of para-hydroxylation sites is 2. The number of hydrogen-bond acceptors (Lipinski definition) is 7. The van der Waals surface area contributed by atoms with Crippen molar-refractivity contribution in [2.45, 2.75) is 83.3 Å². The van der Waals surface area contributed by atoms with Crippen LogP contribution in [0.5, 0.6) is 17.2 Å². The van der Waals surface area contributed by atoms with Gasteiger partial charge in [-0.05, 0) is 69.7 Å². The monoisotopic (exact) mass is 589 g/mol. The third-order valence-electron chi connectivity index (χ3n) is 7.91. The van der Waals surface area contributed by atoms with Crippen LogP contribution in [0, 0.1) is 5.92 Å². The van der Waals surface area contributed by atoms with E-state index < -0.39 is 10.0 Å². The number of sulfonamides is 1. The molecule has 1 N–H and O–H groups in total. The standard InChI is InChI=1S/C22H36N2O.C10H15NO4S/c1-4-7-19-10-12-20(13-11-19)23-14-16-24(17-15-23)21-8-5-6-9-22(21)25-18(2)3;1-4-11-16(12,13)8-5-6-9(14-2)10(7-8)15-3/h5-6,8-9,18-20H,4,7,10-17H2,1-3H3;5-7,11H,4H2,1-3H3. The van der Waals surface area contributed by atoms with Gasteiger partial charge in [-0.3, -0.25) is 4.90 Å². The molecule has 0 spiro atoms. The fraction of sp³-hybridized carbons (Fsp3) is 0.625. The number of piperazine rings is 1. The lowest BCUT2D eigenvalue weighted by atomic mass is 9.83. The van der Waals surface area contributed by atoms with E-state index in [1.807, 2.05) is 0 Å². The van der Waals surface area contributed by atoms with Crippen LogP contribution >= 0.6 is 0 Å². The summed E-state index contributed by atoms with van der Waals surface area (Å²) in [5.74, 6) is 2.92. The Morgan fingerprint density at radius 3 is 2.12 bits per heavy atom. The molecule has 4 rings (SSSR count). The number of anilines is 1. The van der Waals surface area contributed by atoms with Gasteiger partial charge in [0.2, 0.25) is 10.0 Å². The zero-order valence-electron chi connectivity index (χ0n) is 25.9. The summed E-state index contributed by atoms with van der Waals surface area (Å²) in [6.45, 7) is 13.2. The van der Waals surface area contributed by atoms with Gasteiger partial charge in [-0.1, -0.05) is 38.8 Å². The Morgan fingerprint density at radius 1 is 0.878 bits per heavy atom. The molecule has 2 aromatic carbocycles. The van der Waals surface area contributed by atoms with E-state index in [1.165, 1.54) is 83.7 Å². The van der Waals surface area contributed by atoms with Crippen molar-refractivity contribution in [1.29, 1.82) is 0 Å². The van der Waals surface area contributed by atoms with Gasteiger partial charge in [0.05, 0.1) is 30.9 Å². The Bertz CT molecular complexity index is 1160. The first-order chi connectivity index (χ1) is 19.7. The third kappa shape index (κ3) is 9.51. The zero-order valence-corrected chi connectivity index (χ0v) is 26.7. The van der Waals surface area contributed by atoms with Crippen LogP contribution in [0.25, 0.3) is 0 Å². The predicted octanol–water partition coefficient (Wildman–Crippen LogP) is 5.96. The number of methoxy groups -OCH3 is 2. The molecule has 0 radical (unpaired) electrons. The molecule has 0 amide bonds. The Hall–Kier alpha value is -2.49. The normalized spacial score (nSPS) is 19.8. The van der Waals surface area contributed by atoms with Crippen molar-refractivity contribution < 1.29 is 22.6 Å². The molecule has 2 aromatic rings. The maximum atomic E-state index is 11.7. The highest BCUT2D eigenvalue weighted by Crippen LogP contribution is 2.33. The fourth-order valence-corrected chi connectivity index (χ4v) is 6.92. The Morgan fingerprint density at radius 2 is 1.54 bits per heavy atom. The molecule has 2 aliphatic rings. The topological polar surface area (TPSA) is 80.3 Å². The maximum Gasteiger partial charge on any atom is 0.240 e. The van der Waals surface area contributed by atoms with Crippen LogP contribution in [0.4, 0.5) is 5.69 Å². The minimum atomic E-state index is -3.45. The number of rotatable bonds is 11. The smallest absolute Gasteiger partial charge is 0.240 e. The molecule has 41 heavy (non-hydrogen) atoms. The van der Waals surface area contributed by atoms with Crippen LogP contribution in [0.1, 0.15) is 66.2 Å². The average molecular weight is 590 g/mol. The van der Waals surface area contributed by atoms with E-state index in [1.54, 1.807) is 13.0 Å². The highest BCUT2D eigenvalue weighted by atomic mass is 32.2. The van der Waals surface area contributed by atoms with E-state index in [0.717, 1.165) is 30.8 Å². The van der Waals surface area contributed by atoms with Crippen LogP contribution in [0.3, 0.4) is 0 Å². The second-order valence-corrected chi connectivity index (χ2v) is 12.9. The third-order valence-corrected chi connectivity index (χ3v) is 9.46. The highest BCUT2D eigenvalue weighted by molar-refractivity contribution is 7.89. The van der Waals surface area contributed by atoms with Crippen molar-refractivity contribution in [2.75, 3.05) is 51.8 Å². The summed E-state index contributed by atoms with van der Waals surface area (Å²) < 4.78 is 41.9. The van der Waals surface area contributed by atoms with Crippen molar-refractivity contribution in [3.8, 4) is 17.2 Å². The summed E-state index contributed by atoms with van der Waals surface area (Å²) in [5, 5.41) is 0. The minimum Gasteiger partial charge on any atom is -0.493 e. The van der Waals surface area contributed by atoms with Crippen molar-refractivity contribution in [3.63, 3.8) is 0 Å². The molecule has 1 aliphatic heterocycles. The number of ether oxygens (including phenoxy) is 3. The molecule has 1 saturated carbocycles. The average Bonchev–Trinajstić information content (AvgIpc) is 2.98. The molecular weight excluding hydrogens is 538 g/mol. The molecule has 0 atom stereocenters. The first kappa shape index (κ1) is 33.0. The van der Waals surface area contributed by atoms with Crippen molar-refractivity contribution >= 4 is 15.7 Å². The van der Waals surface area contributed by atoms with Gasteiger partial charge < -0.3 is 19.1 Å². The van der Waals surface area contributed by atoms with Crippen molar-refractivity contribution in [1.82, 2.24) is 9.62 Å². The second-order valence-electron chi connectivity index (χ2n) is 11.1. The van der Waals surface area contributed by atoms with Crippen molar-refractivity contribution in [2.24, 2.45) is 5.92 Å². The van der Waals surface area contributed by atoms with Gasteiger partial charge in [0.15, 0.2) is 11.5 Å². The minimum absolute atomic E-state index is 0.159. The number of nitrogens with one attached hydrogen (secondary N) is 1. The largest absolute Gasteiger partial charge is 0.493 e. The summed E-state index contributed by atoms with van der Waals surface area (Å²) in [6, 6.07) is 13.8. The SMILES string of the molecule is CCCC1CCC(N2CCN(c3ccccc3OC(C)C)CC2)CC1.CCNS(=O)(=O)c1ccc(OC)c(OC)c1. The summed E-state index contributed by atoms with van der Waals surface area (Å²) in [4.78, 5) is 5.42. The molecule has 2 fully saturated rings. The summed E-state index contributed by atoms with van der Waals surface area (Å²) in [5.41, 5.74) is 1.27. The van der Waals surface area contributed by atoms with E-state index in [-0.39, 0.29) is 11.0 Å². The predicted molar refractivity (Wildman–Crippen MR) is 167 cm³/mol. The highest BCUT2D eigenvalue weighted by Gasteiger charge is 2.28. The van der Waals surface area contributed by atoms with Crippen LogP contribution in [0.2, 0.25) is 0 Å². The maximum absolute atomic E-state index is 11.7. The van der Waals surface area contributed by atoms with E-state index in [4.69, 9.17) is 14.2 Å². The zero-order chi connectivity index (χ0) is 29.8. The van der Waals surface area contributed by atoms with Crippen LogP contribution < -0.4 is 23.8 Å². The molecule has 9 heteroatoms. The molecular formula is C32H51N3O5S. The number of nitrogens with zero attached hydrogens (tertiary/aromatic N) is 2. The first-order valence-corrected chi connectivity index (χ1v) is 16.7. The van der Waals surface area contributed by atoms with Gasteiger partial charge in [-0.2, -0.15) is 0 Å². The lowest BCUT2D eigenvalue weighted by Crippen LogP contribution is -2.51. The van der Waals surface area contributed by atoms with Gasteiger partial charge in [0, 0.05) is 44.8 Å². The Balaban J connectivity index is 0.000000250. The van der Waals surface area contributed by atoms with Gasteiger partial charge >= 0.3 is 0 Å². The lowest BCUT2D eigenvalue weighted by molar-refractivity contribution is 0.126. The Labute approximate surface area is 248 Å². The van der Waals surface area contributed by atoms with Crippen molar-refractivity contribution in [3.05, 3.63) is 42.5 Å². The molecule has 1 heterocycles. The van der Waals surface area contributed by atoms with Crippen LogP contribution in [-0.2, 0) is 10.0 Å². The van der Waals surface area contributed by atoms with E-state index in [0.29, 0.717) is 18.0 Å². The van der Waals surface area contributed by atoms with E-state index in [9.17, 15) is 8.42 Å². The molecule has 0 aromatic heterocycles. The van der Waals surface area contributed by atoms with Gasteiger partial charge in [-0.15, -0.1) is 0 Å². The Kier molecular flexibility index (Phi) is 13.1. The van der Waals surface area contributed by atoms with Gasteiger partial charge in [-0.25, -0.2) is 13.1 Å². The van der Waals surface area contributed by atoms with Crippen LogP contribution in [-0.4, -0.2) is 72.4 Å². The van der Waals surface area contributed by atoms with E-state index >= 15 is 0 Å². The molecule has 0 bridgehead atoms. The molecule has 0 unspecified atom stereocenters. The van der Waals surface area contributed by atoms with Gasteiger partial charge in [0.1, 0.15) is 5.75 Å². The molecule has 1 saturated heterocycles. The summed E-state index contributed by atoms with van der Waals surface area (Å²) in [7, 11) is -0.497. The van der Waals surface area contributed by atoms with Crippen LogP contribution in [0.15, 0.2) is 47.4 Å². The summed E-state index contributed by atoms with van der Waals surface area (Å²) in [6.07, 6.45) is 8.74. The molecule has 230 valence electrons. The second kappa shape index (κ2) is 16.2.